The average molecular weight is 493 g/mol. The van der Waals surface area contributed by atoms with Crippen molar-refractivity contribution >= 4 is 18.1 Å². The molecule has 1 aliphatic heterocycles. The monoisotopic (exact) mass is 493 g/mol. The number of benzene rings is 1. The first kappa shape index (κ1) is 26.1. The van der Waals surface area contributed by atoms with Crippen LogP contribution in [-0.2, 0) is 21.5 Å². The molecule has 35 heavy (non-hydrogen) atoms. The van der Waals surface area contributed by atoms with Gasteiger partial charge in [-0.3, -0.25) is 14.6 Å². The smallest absolute Gasteiger partial charge is 0.299 e. The minimum absolute atomic E-state index is 0.149. The number of halogens is 3. The van der Waals surface area contributed by atoms with E-state index in [1.165, 1.54) is 12.1 Å². The summed E-state index contributed by atoms with van der Waals surface area (Å²) < 4.78 is 54.8. The fourth-order valence-corrected chi connectivity index (χ4v) is 3.55. The number of carbonyl (C=O) groups excluding carboxylic acids is 1. The fraction of sp³-hybridized carbons (Fsp3) is 0.417. The number of rotatable bonds is 7. The Balaban J connectivity index is 0.00000108. The van der Waals surface area contributed by atoms with Crippen molar-refractivity contribution in [2.45, 2.75) is 37.6 Å². The number of ketones is 1. The third kappa shape index (κ3) is 6.36. The molecular formula is C24H26F3N3O5. The number of aromatic nitrogens is 1. The maximum absolute atomic E-state index is 14.8. The van der Waals surface area contributed by atoms with E-state index in [0.717, 1.165) is 25.8 Å². The lowest BCUT2D eigenvalue weighted by Crippen LogP contribution is -2.45. The number of pyridine rings is 1. The molecule has 1 aliphatic carbocycles. The van der Waals surface area contributed by atoms with E-state index >= 15 is 0 Å². The van der Waals surface area contributed by atoms with Gasteiger partial charge in [0.2, 0.25) is 5.88 Å². The molecular weight excluding hydrogens is 467 g/mol. The molecule has 1 saturated carbocycles. The van der Waals surface area contributed by atoms with Gasteiger partial charge in [-0.15, -0.1) is 0 Å². The molecule has 3 N–H and O–H groups in total. The number of nitrogens with zero attached hydrogens (tertiary/aromatic N) is 2. The molecule has 0 radical (unpaired) electrons. The Morgan fingerprint density at radius 1 is 1.31 bits per heavy atom. The van der Waals surface area contributed by atoms with Crippen LogP contribution in [0.2, 0.25) is 0 Å². The van der Waals surface area contributed by atoms with Gasteiger partial charge < -0.3 is 20.3 Å². The van der Waals surface area contributed by atoms with Gasteiger partial charge in [-0.2, -0.15) is 0 Å². The third-order valence-corrected chi connectivity index (χ3v) is 5.71. The fourth-order valence-electron chi connectivity index (χ4n) is 3.55. The van der Waals surface area contributed by atoms with E-state index in [2.05, 4.69) is 9.98 Å². The van der Waals surface area contributed by atoms with Crippen molar-refractivity contribution in [3.63, 3.8) is 0 Å². The van der Waals surface area contributed by atoms with E-state index in [1.54, 1.807) is 18.2 Å². The van der Waals surface area contributed by atoms with Gasteiger partial charge in [-0.25, -0.2) is 18.2 Å². The molecule has 0 amide bonds. The van der Waals surface area contributed by atoms with E-state index in [1.807, 2.05) is 0 Å². The van der Waals surface area contributed by atoms with Crippen molar-refractivity contribution < 1.29 is 37.3 Å². The van der Waals surface area contributed by atoms with Crippen LogP contribution in [0, 0.1) is 11.7 Å². The first-order chi connectivity index (χ1) is 16.6. The number of alkyl halides is 2. The number of hydrogen-bond acceptors (Lipinski definition) is 7. The summed E-state index contributed by atoms with van der Waals surface area (Å²) in [5.41, 5.74) is 3.59. The molecule has 8 nitrogen and oxygen atoms in total. The second kappa shape index (κ2) is 10.9. The van der Waals surface area contributed by atoms with Gasteiger partial charge in [0, 0.05) is 18.1 Å². The van der Waals surface area contributed by atoms with Gasteiger partial charge in [0.25, 0.3) is 12.4 Å². The number of nitrogens with two attached hydrogens (primary N) is 1. The van der Waals surface area contributed by atoms with Crippen LogP contribution >= 0.6 is 0 Å². The number of Topliss-reactive ketones (excluding diaryl/α,β-unsaturated/α-hetero) is 1. The van der Waals surface area contributed by atoms with Gasteiger partial charge in [0.05, 0.1) is 6.61 Å². The van der Waals surface area contributed by atoms with Crippen molar-refractivity contribution in [2.75, 3.05) is 19.8 Å². The van der Waals surface area contributed by atoms with Crippen LogP contribution in [0.4, 0.5) is 13.2 Å². The zero-order valence-electron chi connectivity index (χ0n) is 19.0. The second-order valence-electron chi connectivity index (χ2n) is 8.51. The summed E-state index contributed by atoms with van der Waals surface area (Å²) in [4.78, 5) is 29.3. The molecule has 2 aromatic rings. The third-order valence-electron chi connectivity index (χ3n) is 5.71. The zero-order chi connectivity index (χ0) is 25.6. The Bertz CT molecular complexity index is 1110. The molecule has 0 spiro atoms. The normalized spacial score (nSPS) is 21.1. The van der Waals surface area contributed by atoms with Gasteiger partial charge in [-0.05, 0) is 49.4 Å². The molecule has 0 unspecified atom stereocenters. The highest BCUT2D eigenvalue weighted by molar-refractivity contribution is 5.95. The van der Waals surface area contributed by atoms with Gasteiger partial charge in [0.1, 0.15) is 30.6 Å². The van der Waals surface area contributed by atoms with Gasteiger partial charge in [-0.1, -0.05) is 12.1 Å². The number of aliphatic imine (C=N–C) groups is 1. The Morgan fingerprint density at radius 2 is 2.03 bits per heavy atom. The zero-order valence-corrected chi connectivity index (χ0v) is 19.0. The van der Waals surface area contributed by atoms with Crippen LogP contribution in [0.3, 0.4) is 0 Å². The van der Waals surface area contributed by atoms with Crippen LogP contribution in [0.15, 0.2) is 41.4 Å². The lowest BCUT2D eigenvalue weighted by molar-refractivity contribution is -0.122. The average Bonchev–Trinajstić information content (AvgIpc) is 3.64. The molecule has 1 atom stereocenters. The Labute approximate surface area is 200 Å². The number of carboxylic acid groups (broad SMARTS) is 1. The summed E-state index contributed by atoms with van der Waals surface area (Å²) in [5, 5.41) is 6.89. The van der Waals surface area contributed by atoms with E-state index in [-0.39, 0.29) is 42.4 Å². The minimum Gasteiger partial charge on any atom is -0.483 e. The summed E-state index contributed by atoms with van der Waals surface area (Å²) >= 11 is 0. The summed E-state index contributed by atoms with van der Waals surface area (Å²) in [6, 6.07) is 8.57. The summed E-state index contributed by atoms with van der Waals surface area (Å²) in [7, 11) is 0. The second-order valence-corrected chi connectivity index (χ2v) is 8.51. The number of ether oxygens (including phenoxy) is 2. The van der Waals surface area contributed by atoms with E-state index in [0.29, 0.717) is 24.0 Å². The van der Waals surface area contributed by atoms with Crippen LogP contribution < -0.4 is 10.5 Å². The molecule has 2 heterocycles. The molecule has 2 aliphatic rings. The van der Waals surface area contributed by atoms with Crippen LogP contribution in [0.5, 0.6) is 5.88 Å². The standard InChI is InChI=1S/C23H24F3N3O3.CH2O2/c1-22(23(25,26)13-31-12-20(27)29-22)16-9-15(7-8-17(16)24)10-19(30)18-3-2-4-21(28-18)32-11-14-5-6-14;2-1-3/h2-4,7-9,14H,5-6,10-13H2,1H3,(H2,27,29);1H,(H,2,3)/t22-;/m1./s1. The molecule has 1 fully saturated rings. The molecule has 0 saturated heterocycles. The Morgan fingerprint density at radius 3 is 2.71 bits per heavy atom. The minimum atomic E-state index is -3.51. The van der Waals surface area contributed by atoms with Crippen LogP contribution in [-0.4, -0.2) is 53.9 Å². The molecule has 1 aromatic carbocycles. The quantitative estimate of drug-likeness (QED) is 0.448. The Kier molecular flexibility index (Phi) is 8.11. The van der Waals surface area contributed by atoms with E-state index < -0.39 is 23.9 Å². The van der Waals surface area contributed by atoms with E-state index in [9.17, 15) is 18.0 Å². The summed E-state index contributed by atoms with van der Waals surface area (Å²) in [6.45, 7) is 0.205. The maximum Gasteiger partial charge on any atom is 0.299 e. The summed E-state index contributed by atoms with van der Waals surface area (Å²) in [6.07, 6.45) is 2.11. The Hall–Kier alpha value is -3.47. The van der Waals surface area contributed by atoms with Gasteiger partial charge in [0.15, 0.2) is 11.3 Å². The number of hydrogen-bond donors (Lipinski definition) is 2. The SMILES string of the molecule is C[C@]1(c2cc(CC(=O)c3cccc(OCC4CC4)n3)ccc2F)N=C(N)COCC1(F)F.O=CO. The predicted octanol–water partition coefficient (Wildman–Crippen LogP) is 3.37. The highest BCUT2D eigenvalue weighted by atomic mass is 19.3. The largest absolute Gasteiger partial charge is 0.483 e. The van der Waals surface area contributed by atoms with Crippen molar-refractivity contribution in [3.8, 4) is 5.88 Å². The number of amidine groups is 1. The lowest BCUT2D eigenvalue weighted by Gasteiger charge is -2.33. The topological polar surface area (TPSA) is 124 Å². The summed E-state index contributed by atoms with van der Waals surface area (Å²) in [5.74, 6) is -3.97. The lowest BCUT2D eigenvalue weighted by atomic mass is 9.84. The highest BCUT2D eigenvalue weighted by Gasteiger charge is 2.54. The van der Waals surface area contributed by atoms with E-state index in [4.69, 9.17) is 25.1 Å². The molecule has 1 aromatic heterocycles. The first-order valence-corrected chi connectivity index (χ1v) is 10.9. The molecule has 188 valence electrons. The van der Waals surface area contributed by atoms with Crippen molar-refractivity contribution in [2.24, 2.45) is 16.6 Å². The van der Waals surface area contributed by atoms with Gasteiger partial charge >= 0.3 is 0 Å². The first-order valence-electron chi connectivity index (χ1n) is 10.9. The molecule has 0 bridgehead atoms. The predicted molar refractivity (Wildman–Crippen MR) is 120 cm³/mol. The molecule has 11 heteroatoms. The van der Waals surface area contributed by atoms with Crippen molar-refractivity contribution in [1.82, 2.24) is 4.98 Å². The maximum atomic E-state index is 14.8. The van der Waals surface area contributed by atoms with Crippen molar-refractivity contribution in [3.05, 3.63) is 59.0 Å². The molecule has 4 rings (SSSR count). The highest BCUT2D eigenvalue weighted by Crippen LogP contribution is 2.43. The van der Waals surface area contributed by atoms with Crippen LogP contribution in [0.1, 0.15) is 41.4 Å². The van der Waals surface area contributed by atoms with Crippen molar-refractivity contribution in [1.29, 1.82) is 0 Å². The van der Waals surface area contributed by atoms with Crippen LogP contribution in [0.25, 0.3) is 0 Å². The number of carbonyl (C=O) groups is 2.